The van der Waals surface area contributed by atoms with Crippen LogP contribution in [-0.2, 0) is 1050 Å². The fourth-order valence-electron chi connectivity index (χ4n) is 0. The first-order valence-corrected chi connectivity index (χ1v) is 0. The Kier molecular flexibility index (Phi) is 1680. The van der Waals surface area contributed by atoms with Gasteiger partial charge < -0.3 is 0 Å². The molecule has 0 bridgehead atoms. The summed E-state index contributed by atoms with van der Waals surface area (Å²) in [6.07, 6.45) is 0. The Hall–Kier alpha value is 35.3. The van der Waals surface area contributed by atoms with Crippen molar-refractivity contribution in [2.24, 2.45) is 0 Å². The summed E-state index contributed by atoms with van der Waals surface area (Å²) in [4.78, 5) is 0. The number of hydrogen-bond acceptors (Lipinski definition) is 0. The maximum absolute atomic E-state index is 0. The molecule has 32 heavy (non-hydrogen) atoms. The maximum atomic E-state index is 0. The van der Waals surface area contributed by atoms with E-state index in [1.54, 1.807) is 0 Å². The Morgan fingerprint density at radius 2 is 0.0312 bits per heavy atom. The molecule has 0 saturated heterocycles. The summed E-state index contributed by atoms with van der Waals surface area (Å²) in [7, 11) is 0. The van der Waals surface area contributed by atoms with Crippen LogP contribution < -0.4 is 0 Å². The standard InChI is InChI=1S/32Y. The third-order valence-corrected chi connectivity index (χ3v) is 0. The van der Waals surface area contributed by atoms with Crippen molar-refractivity contribution in [2.45, 2.75) is 0 Å². The van der Waals surface area contributed by atoms with E-state index in [4.69, 9.17) is 0 Å². The molecule has 0 amide bonds. The Bertz CT molecular complexity index is 0. The van der Waals surface area contributed by atoms with Crippen LogP contribution in [0, 0.1) is 0 Å². The van der Waals surface area contributed by atoms with Crippen molar-refractivity contribution in [1.29, 1.82) is 0 Å². The third kappa shape index (κ3) is 217. The Morgan fingerprint density at radius 3 is 0.0312 bits per heavy atom. The average molecular weight is 2840 g/mol. The van der Waals surface area contributed by atoms with Gasteiger partial charge in [0.05, 0.1) is 0 Å². The van der Waals surface area contributed by atoms with E-state index in [2.05, 4.69) is 0 Å². The van der Waals surface area contributed by atoms with Crippen molar-refractivity contribution in [3.8, 4) is 0 Å². The molecule has 0 aromatic carbocycles. The number of rotatable bonds is 0. The molecule has 0 aliphatic carbocycles. The summed E-state index contributed by atoms with van der Waals surface area (Å²) in [5.41, 5.74) is 0. The molecule has 0 unspecified atom stereocenters. The van der Waals surface area contributed by atoms with Gasteiger partial charge in [0.2, 0.25) is 0 Å². The summed E-state index contributed by atoms with van der Waals surface area (Å²) in [5, 5.41) is 0. The second kappa shape index (κ2) is 227. The van der Waals surface area contributed by atoms with Crippen LogP contribution in [0.5, 0.6) is 0 Å². The molecule has 0 N–H and O–H groups in total. The third-order valence-electron chi connectivity index (χ3n) is 0. The van der Waals surface area contributed by atoms with Gasteiger partial charge in [0.1, 0.15) is 0 Å². The molecule has 0 spiro atoms. The van der Waals surface area contributed by atoms with Crippen molar-refractivity contribution in [3.63, 3.8) is 0 Å². The van der Waals surface area contributed by atoms with Crippen LogP contribution in [0.2, 0.25) is 0 Å². The average Bonchev–Trinajstić information content (AvgIpc) is 0. The van der Waals surface area contributed by atoms with Gasteiger partial charge in [-0.25, -0.2) is 0 Å². The zero-order valence-electron chi connectivity index (χ0n) is 18.5. The molecule has 0 aliphatic heterocycles. The maximum Gasteiger partial charge on any atom is 0 e. The Morgan fingerprint density at radius 1 is 0.0312 bits per heavy atom. The van der Waals surface area contributed by atoms with Gasteiger partial charge in [-0.3, -0.25) is 0 Å². The Balaban J connectivity index is 0. The van der Waals surface area contributed by atoms with Crippen molar-refractivity contribution in [2.75, 3.05) is 0 Å². The van der Waals surface area contributed by atoms with Crippen LogP contribution in [0.25, 0.3) is 0 Å². The zero-order chi connectivity index (χ0) is 0. The molecule has 0 aromatic heterocycles. The Labute approximate surface area is 1010 Å². The molecule has 32 heteroatoms. The quantitative estimate of drug-likeness (QED) is 0.319. The molecular weight excluding hydrogens is 2840 g/mol. The van der Waals surface area contributed by atoms with Gasteiger partial charge in [-0.15, -0.1) is 0 Å². The first-order valence-electron chi connectivity index (χ1n) is 0. The van der Waals surface area contributed by atoms with Crippen LogP contribution in [0.1, 0.15) is 0 Å². The molecule has 0 rings (SSSR count). The molecule has 0 aliphatic rings. The summed E-state index contributed by atoms with van der Waals surface area (Å²) in [6, 6.07) is 0. The molecule has 0 aromatic rings. The van der Waals surface area contributed by atoms with Gasteiger partial charge in [0.25, 0.3) is 0 Å². The smallest absolute Gasteiger partial charge is 0 e. The minimum atomic E-state index is 0. The minimum absolute atomic E-state index is 0. The molecule has 0 fully saturated rings. The van der Waals surface area contributed by atoms with E-state index < -0.39 is 0 Å². The second-order valence-electron chi connectivity index (χ2n) is 0. The van der Waals surface area contributed by atoms with Gasteiger partial charge in [0.15, 0.2) is 0 Å². The molecule has 0 heterocycles. The van der Waals surface area contributed by atoms with Gasteiger partial charge in [-0.2, -0.15) is 0 Å². The molecule has 96 valence electrons. The topological polar surface area (TPSA) is 0 Å². The molecule has 32 radical (unpaired) electrons. The summed E-state index contributed by atoms with van der Waals surface area (Å²) < 4.78 is 0. The zero-order valence-corrected chi connectivity index (χ0v) is 109. The van der Waals surface area contributed by atoms with Crippen molar-refractivity contribution in [1.82, 2.24) is 0 Å². The van der Waals surface area contributed by atoms with Gasteiger partial charge in [-0.05, 0) is 0 Å². The van der Waals surface area contributed by atoms with E-state index in [1.807, 2.05) is 0 Å². The van der Waals surface area contributed by atoms with Crippen LogP contribution in [0.15, 0.2) is 0 Å². The largest absolute Gasteiger partial charge is 0 e. The predicted molar refractivity (Wildman–Crippen MR) is 0 cm³/mol. The summed E-state index contributed by atoms with van der Waals surface area (Å²) in [6.45, 7) is 0. The van der Waals surface area contributed by atoms with E-state index in [-0.39, 0.29) is 1050 Å². The minimum Gasteiger partial charge on any atom is 0 e. The van der Waals surface area contributed by atoms with Crippen LogP contribution >= 0.6 is 0 Å². The number of hydrogen-bond donors (Lipinski definition) is 0. The van der Waals surface area contributed by atoms with E-state index in [0.717, 1.165) is 0 Å². The summed E-state index contributed by atoms with van der Waals surface area (Å²) >= 11 is 0. The summed E-state index contributed by atoms with van der Waals surface area (Å²) in [5.74, 6) is 0. The van der Waals surface area contributed by atoms with Gasteiger partial charge in [0, 0.05) is 1050 Å². The monoisotopic (exact) mass is 2840 g/mol. The molecular formula is Y32. The fourth-order valence-corrected chi connectivity index (χ4v) is 0. The van der Waals surface area contributed by atoms with E-state index in [9.17, 15) is 0 Å². The van der Waals surface area contributed by atoms with Crippen molar-refractivity contribution >= 4 is 0 Å². The van der Waals surface area contributed by atoms with Crippen LogP contribution in [0.4, 0.5) is 0 Å². The van der Waals surface area contributed by atoms with E-state index in [0.29, 0.717) is 0 Å². The van der Waals surface area contributed by atoms with Crippen LogP contribution in [-0.4, -0.2) is 0 Å². The second-order valence-corrected chi connectivity index (χ2v) is 0. The van der Waals surface area contributed by atoms with E-state index in [1.165, 1.54) is 0 Å². The molecule has 0 atom stereocenters. The van der Waals surface area contributed by atoms with Crippen molar-refractivity contribution in [3.05, 3.63) is 0 Å². The fraction of sp³-hybridized carbons (Fsp3) is 0. The SMILES string of the molecule is [Y].[Y].[Y].[Y].[Y].[Y].[Y].[Y].[Y].[Y].[Y].[Y].[Y].[Y].[Y].[Y].[Y].[Y].[Y].[Y].[Y].[Y].[Y].[Y].[Y].[Y].[Y].[Y].[Y].[Y].[Y].[Y]. The first-order chi connectivity index (χ1) is 0. The predicted octanol–water partition coefficient (Wildman–Crippen LogP) is -0.0800. The van der Waals surface area contributed by atoms with E-state index >= 15 is 0 Å². The first kappa shape index (κ1) is 237. The van der Waals surface area contributed by atoms with Crippen LogP contribution in [0.3, 0.4) is 0 Å². The normalized spacial score (nSPS) is 0. The molecule has 0 saturated carbocycles. The van der Waals surface area contributed by atoms with Gasteiger partial charge >= 0.3 is 0 Å². The molecule has 0 nitrogen and oxygen atoms in total. The van der Waals surface area contributed by atoms with Crippen molar-refractivity contribution < 1.29 is 1050 Å². The van der Waals surface area contributed by atoms with Gasteiger partial charge in [-0.1, -0.05) is 0 Å².